The number of nitrogens with zero attached hydrogens (tertiary/aromatic N) is 9. The number of fused-ring (bicyclic) bond motifs is 2. The minimum Gasteiger partial charge on any atom is -0.465 e. The van der Waals surface area contributed by atoms with E-state index in [0.717, 1.165) is 73.0 Å². The second-order valence-corrected chi connectivity index (χ2v) is 16.4. The number of esters is 1. The molecule has 352 valence electrons. The molecular formula is C50H52ClF2N11O4. The quantitative estimate of drug-likeness (QED) is 0.0989. The van der Waals surface area contributed by atoms with E-state index in [1.807, 2.05) is 83.3 Å². The number of ether oxygens (including phenoxy) is 3. The molecule has 15 nitrogen and oxygen atoms in total. The van der Waals surface area contributed by atoms with Crippen LogP contribution in [-0.2, 0) is 25.4 Å². The summed E-state index contributed by atoms with van der Waals surface area (Å²) in [6.45, 7) is 12.6. The lowest BCUT2D eigenvalue weighted by Gasteiger charge is -2.29. The molecular weight excluding hydrogens is 892 g/mol. The fraction of sp³-hybridized carbons (Fsp3) is 0.300. The summed E-state index contributed by atoms with van der Waals surface area (Å²) in [5.74, 6) is 0.898. The molecule has 2 aliphatic heterocycles. The molecule has 0 spiro atoms. The molecule has 0 aliphatic carbocycles. The second kappa shape index (κ2) is 22.3. The van der Waals surface area contributed by atoms with Gasteiger partial charge in [-0.1, -0.05) is 24.9 Å². The summed E-state index contributed by atoms with van der Waals surface area (Å²) in [6.07, 6.45) is 5.22. The van der Waals surface area contributed by atoms with E-state index >= 15 is 0 Å². The van der Waals surface area contributed by atoms with Crippen molar-refractivity contribution in [2.45, 2.75) is 40.0 Å². The van der Waals surface area contributed by atoms with Crippen LogP contribution in [0.2, 0.25) is 5.02 Å². The van der Waals surface area contributed by atoms with Gasteiger partial charge in [-0.2, -0.15) is 0 Å². The van der Waals surface area contributed by atoms with Crippen LogP contribution in [0.5, 0.6) is 0 Å². The van der Waals surface area contributed by atoms with Crippen LogP contribution in [0.15, 0.2) is 97.3 Å². The smallest absolute Gasteiger partial charge is 0.311 e. The summed E-state index contributed by atoms with van der Waals surface area (Å²) in [5.41, 5.74) is 14.5. The van der Waals surface area contributed by atoms with Crippen molar-refractivity contribution in [3.8, 4) is 33.9 Å². The third-order valence-corrected chi connectivity index (χ3v) is 11.5. The van der Waals surface area contributed by atoms with E-state index in [1.54, 1.807) is 36.7 Å². The molecule has 3 N–H and O–H groups in total. The first kappa shape index (κ1) is 47.6. The zero-order valence-corrected chi connectivity index (χ0v) is 38.8. The Morgan fingerprint density at radius 3 is 1.90 bits per heavy atom. The maximum Gasteiger partial charge on any atom is 0.311 e. The van der Waals surface area contributed by atoms with E-state index in [0.29, 0.717) is 84.1 Å². The van der Waals surface area contributed by atoms with Crippen molar-refractivity contribution in [1.29, 1.82) is 0 Å². The molecule has 0 atom stereocenters. The molecule has 6 aromatic heterocycles. The number of aromatic nitrogens is 8. The number of halogens is 3. The molecule has 2 fully saturated rings. The summed E-state index contributed by atoms with van der Waals surface area (Å²) in [6, 6.07) is 24.5. The highest BCUT2D eigenvalue weighted by molar-refractivity contribution is 6.30. The Labute approximate surface area is 397 Å². The van der Waals surface area contributed by atoms with Crippen molar-refractivity contribution in [2.24, 2.45) is 0 Å². The molecule has 0 bridgehead atoms. The number of unbranched alkanes of at least 4 members (excludes halogenated alkanes) is 1. The number of morpholine rings is 2. The summed E-state index contributed by atoms with van der Waals surface area (Å²) in [7, 11) is 0. The lowest BCUT2D eigenvalue weighted by molar-refractivity contribution is -0.143. The monoisotopic (exact) mass is 943 g/mol. The number of nitrogen functional groups attached to an aromatic ring is 1. The standard InChI is InChI=1S/C24H22ClFN4O2.C22H21FN6O.C4H9NO/c1-3-4-11-32-23(31)13-17-12-16(9-10-27-17)21-7-8-22-24(29-21)30(15(2)28-22)18-5-6-20(26)19(25)14-18;1-14-26-19-5-4-18(15-6-7-25-21(24)12-15)27-22(19)29(14)16-2-3-17(23)20(13-16)28-8-10-30-11-9-28;1-3-6-4-2-5-1/h5-10,12,14H,3-4,11,13H2,1-2H3;2-7,12-13H,8-11H2,1H3,(H2,24,25);5H,1-4H2. The first-order chi connectivity index (χ1) is 33.1. The van der Waals surface area contributed by atoms with E-state index in [1.165, 1.54) is 12.1 Å². The van der Waals surface area contributed by atoms with Gasteiger partial charge in [0.15, 0.2) is 11.3 Å². The predicted octanol–water partition coefficient (Wildman–Crippen LogP) is 8.42. The zero-order valence-electron chi connectivity index (χ0n) is 38.1. The number of carbonyl (C=O) groups excluding carboxylic acids is 1. The van der Waals surface area contributed by atoms with Crippen molar-refractivity contribution in [1.82, 2.24) is 44.4 Å². The van der Waals surface area contributed by atoms with Gasteiger partial charge in [-0.15, -0.1) is 0 Å². The Balaban J connectivity index is 0.000000164. The number of anilines is 2. The highest BCUT2D eigenvalue weighted by Crippen LogP contribution is 2.30. The summed E-state index contributed by atoms with van der Waals surface area (Å²) < 4.78 is 47.7. The number of rotatable bonds is 10. The fourth-order valence-corrected chi connectivity index (χ4v) is 7.95. The lowest BCUT2D eigenvalue weighted by Crippen LogP contribution is -2.36. The molecule has 10 rings (SSSR count). The van der Waals surface area contributed by atoms with E-state index < -0.39 is 5.82 Å². The van der Waals surface area contributed by atoms with Crippen LogP contribution in [0.25, 0.3) is 56.2 Å². The van der Waals surface area contributed by atoms with Gasteiger partial charge in [0.25, 0.3) is 0 Å². The Morgan fingerprint density at radius 2 is 1.32 bits per heavy atom. The molecule has 18 heteroatoms. The molecule has 8 aromatic rings. The van der Waals surface area contributed by atoms with Crippen molar-refractivity contribution >= 4 is 51.4 Å². The Bertz CT molecular complexity index is 3020. The van der Waals surface area contributed by atoms with Crippen LogP contribution in [0.3, 0.4) is 0 Å². The average Bonchev–Trinajstić information content (AvgIpc) is 3.87. The first-order valence-corrected chi connectivity index (χ1v) is 22.9. The number of benzene rings is 2. The van der Waals surface area contributed by atoms with Gasteiger partial charge in [0, 0.05) is 49.7 Å². The minimum atomic E-state index is -0.483. The lowest BCUT2D eigenvalue weighted by atomic mass is 10.1. The topological polar surface area (TPSA) is 173 Å². The van der Waals surface area contributed by atoms with E-state index in [9.17, 15) is 13.6 Å². The maximum atomic E-state index is 14.6. The van der Waals surface area contributed by atoms with Crippen LogP contribution in [0.1, 0.15) is 37.1 Å². The molecule has 0 radical (unpaired) electrons. The molecule has 8 heterocycles. The van der Waals surface area contributed by atoms with Crippen LogP contribution in [-0.4, -0.2) is 104 Å². The zero-order chi connectivity index (χ0) is 47.6. The Morgan fingerprint density at radius 1 is 0.735 bits per heavy atom. The van der Waals surface area contributed by atoms with Gasteiger partial charge in [-0.25, -0.2) is 33.7 Å². The molecule has 0 amide bonds. The van der Waals surface area contributed by atoms with Gasteiger partial charge in [0.2, 0.25) is 0 Å². The number of nitrogens with one attached hydrogen (secondary N) is 1. The SMILES string of the molecule is C1COCCN1.CCCCOC(=O)Cc1cc(-c2ccc3nc(C)n(-c4ccc(F)c(Cl)c4)c3n2)ccn1.Cc1nc2ccc(-c3ccnc(N)c3)nc2n1-c1ccc(F)c(N2CCOCC2)c1. The number of carbonyl (C=O) groups is 1. The number of nitrogens with two attached hydrogens (primary N) is 1. The molecule has 2 aliphatic rings. The van der Waals surface area contributed by atoms with Crippen LogP contribution >= 0.6 is 11.6 Å². The van der Waals surface area contributed by atoms with Crippen molar-refractivity contribution in [3.05, 3.63) is 131 Å². The van der Waals surface area contributed by atoms with Gasteiger partial charge < -0.3 is 30.2 Å². The molecule has 2 saturated heterocycles. The Kier molecular flexibility index (Phi) is 15.6. The predicted molar refractivity (Wildman–Crippen MR) is 259 cm³/mol. The van der Waals surface area contributed by atoms with E-state index in [4.69, 9.17) is 41.5 Å². The average molecular weight is 944 g/mol. The summed E-state index contributed by atoms with van der Waals surface area (Å²) >= 11 is 5.99. The molecule has 0 saturated carbocycles. The van der Waals surface area contributed by atoms with Gasteiger partial charge in [-0.3, -0.25) is 18.9 Å². The van der Waals surface area contributed by atoms with Gasteiger partial charge in [-0.05, 0) is 105 Å². The largest absolute Gasteiger partial charge is 0.465 e. The minimum absolute atomic E-state index is 0.0319. The van der Waals surface area contributed by atoms with Gasteiger partial charge >= 0.3 is 5.97 Å². The third kappa shape index (κ3) is 11.4. The van der Waals surface area contributed by atoms with Crippen LogP contribution in [0.4, 0.5) is 20.3 Å². The second-order valence-electron chi connectivity index (χ2n) is 16.0. The highest BCUT2D eigenvalue weighted by atomic mass is 35.5. The van der Waals surface area contributed by atoms with Crippen LogP contribution in [0, 0.1) is 25.5 Å². The van der Waals surface area contributed by atoms with E-state index in [-0.39, 0.29) is 23.2 Å². The molecule has 0 unspecified atom stereocenters. The summed E-state index contributed by atoms with van der Waals surface area (Å²) in [5, 5.41) is 3.19. The maximum absolute atomic E-state index is 14.6. The fourth-order valence-electron chi connectivity index (χ4n) is 7.78. The van der Waals surface area contributed by atoms with Gasteiger partial charge in [0.05, 0.1) is 78.6 Å². The number of aryl methyl sites for hydroxylation is 2. The van der Waals surface area contributed by atoms with Crippen LogP contribution < -0.4 is 16.0 Å². The number of hydrogen-bond acceptors (Lipinski definition) is 13. The number of imidazole rings is 2. The number of hydrogen-bond donors (Lipinski definition) is 2. The van der Waals surface area contributed by atoms with Crippen molar-refractivity contribution in [3.63, 3.8) is 0 Å². The van der Waals surface area contributed by atoms with Crippen molar-refractivity contribution in [2.75, 3.05) is 69.8 Å². The Hall–Kier alpha value is -6.92. The third-order valence-electron chi connectivity index (χ3n) is 11.2. The highest BCUT2D eigenvalue weighted by Gasteiger charge is 2.19. The first-order valence-electron chi connectivity index (χ1n) is 22.5. The molecule has 68 heavy (non-hydrogen) atoms. The molecule has 2 aromatic carbocycles. The summed E-state index contributed by atoms with van der Waals surface area (Å²) in [4.78, 5) is 41.2. The van der Waals surface area contributed by atoms with Crippen molar-refractivity contribution < 1.29 is 27.8 Å². The van der Waals surface area contributed by atoms with E-state index in [2.05, 4.69) is 25.3 Å². The van der Waals surface area contributed by atoms with Gasteiger partial charge in [0.1, 0.15) is 40.1 Å². The normalized spacial score (nSPS) is 13.7. The number of pyridine rings is 4.